The standard InChI is InChI=1S/C13H22N4/c1-2-4-12-15-16-13(17(12)9-3-1)6-5-11-7-8-14-10-11/h11,14H,1-10H2. The Labute approximate surface area is 103 Å². The summed E-state index contributed by atoms with van der Waals surface area (Å²) < 4.78 is 2.38. The molecule has 1 aromatic rings. The van der Waals surface area contributed by atoms with Gasteiger partial charge in [-0.2, -0.15) is 0 Å². The molecule has 0 radical (unpaired) electrons. The van der Waals surface area contributed by atoms with Gasteiger partial charge in [-0.05, 0) is 44.7 Å². The quantitative estimate of drug-likeness (QED) is 0.863. The molecule has 3 heterocycles. The van der Waals surface area contributed by atoms with Crippen molar-refractivity contribution < 1.29 is 0 Å². The lowest BCUT2D eigenvalue weighted by Gasteiger charge is -2.09. The third kappa shape index (κ3) is 2.51. The van der Waals surface area contributed by atoms with E-state index in [1.807, 2.05) is 0 Å². The largest absolute Gasteiger partial charge is 0.316 e. The molecule has 1 unspecified atom stereocenters. The fourth-order valence-corrected chi connectivity index (χ4v) is 3.02. The minimum absolute atomic E-state index is 0.855. The van der Waals surface area contributed by atoms with Crippen molar-refractivity contribution in [1.29, 1.82) is 0 Å². The highest BCUT2D eigenvalue weighted by atomic mass is 15.3. The summed E-state index contributed by atoms with van der Waals surface area (Å²) in [4.78, 5) is 0. The molecule has 1 saturated heterocycles. The van der Waals surface area contributed by atoms with E-state index in [2.05, 4.69) is 20.1 Å². The number of aryl methyl sites for hydroxylation is 2. The fourth-order valence-electron chi connectivity index (χ4n) is 3.02. The maximum absolute atomic E-state index is 4.39. The Morgan fingerprint density at radius 1 is 1.24 bits per heavy atom. The van der Waals surface area contributed by atoms with Crippen LogP contribution in [0, 0.1) is 5.92 Å². The highest BCUT2D eigenvalue weighted by Crippen LogP contribution is 2.18. The van der Waals surface area contributed by atoms with Crippen molar-refractivity contribution in [3.05, 3.63) is 11.6 Å². The van der Waals surface area contributed by atoms with Gasteiger partial charge in [0.1, 0.15) is 11.6 Å². The first-order valence-corrected chi connectivity index (χ1v) is 7.05. The molecule has 0 bridgehead atoms. The lowest BCUT2D eigenvalue weighted by atomic mass is 10.0. The van der Waals surface area contributed by atoms with E-state index in [0.717, 1.165) is 25.3 Å². The van der Waals surface area contributed by atoms with E-state index in [1.54, 1.807) is 0 Å². The smallest absolute Gasteiger partial charge is 0.133 e. The van der Waals surface area contributed by atoms with Gasteiger partial charge in [-0.15, -0.1) is 10.2 Å². The monoisotopic (exact) mass is 234 g/mol. The first-order chi connectivity index (χ1) is 8.43. The third-order valence-electron chi connectivity index (χ3n) is 4.12. The van der Waals surface area contributed by atoms with Crippen LogP contribution in [0.4, 0.5) is 0 Å². The van der Waals surface area contributed by atoms with Crippen molar-refractivity contribution in [3.63, 3.8) is 0 Å². The number of nitrogens with one attached hydrogen (secondary N) is 1. The van der Waals surface area contributed by atoms with Crippen molar-refractivity contribution in [2.45, 2.75) is 51.5 Å². The molecular weight excluding hydrogens is 212 g/mol. The molecule has 4 nitrogen and oxygen atoms in total. The summed E-state index contributed by atoms with van der Waals surface area (Å²) >= 11 is 0. The summed E-state index contributed by atoms with van der Waals surface area (Å²) in [6, 6.07) is 0. The van der Waals surface area contributed by atoms with Crippen LogP contribution in [-0.2, 0) is 19.4 Å². The van der Waals surface area contributed by atoms with Gasteiger partial charge < -0.3 is 9.88 Å². The third-order valence-corrected chi connectivity index (χ3v) is 4.12. The molecule has 2 aliphatic rings. The fraction of sp³-hybridized carbons (Fsp3) is 0.846. The Morgan fingerprint density at radius 3 is 3.12 bits per heavy atom. The van der Waals surface area contributed by atoms with Crippen LogP contribution in [0.25, 0.3) is 0 Å². The molecule has 0 aliphatic carbocycles. The second kappa shape index (κ2) is 5.17. The highest BCUT2D eigenvalue weighted by Gasteiger charge is 2.18. The molecule has 0 amide bonds. The number of hydrogen-bond acceptors (Lipinski definition) is 3. The zero-order valence-electron chi connectivity index (χ0n) is 10.5. The number of rotatable bonds is 3. The van der Waals surface area contributed by atoms with Crippen molar-refractivity contribution in [2.24, 2.45) is 5.92 Å². The van der Waals surface area contributed by atoms with E-state index in [0.29, 0.717) is 0 Å². The Morgan fingerprint density at radius 2 is 2.24 bits per heavy atom. The van der Waals surface area contributed by atoms with Gasteiger partial charge in [-0.25, -0.2) is 0 Å². The van der Waals surface area contributed by atoms with Crippen LogP contribution in [0.3, 0.4) is 0 Å². The molecule has 0 saturated carbocycles. The lowest BCUT2D eigenvalue weighted by molar-refractivity contribution is 0.508. The maximum Gasteiger partial charge on any atom is 0.133 e. The van der Waals surface area contributed by atoms with Crippen molar-refractivity contribution in [3.8, 4) is 0 Å². The number of fused-ring (bicyclic) bond motifs is 1. The molecule has 0 aromatic carbocycles. The Kier molecular flexibility index (Phi) is 3.41. The van der Waals surface area contributed by atoms with Crippen LogP contribution in [0.2, 0.25) is 0 Å². The molecule has 1 aromatic heterocycles. The molecule has 0 spiro atoms. The summed E-state index contributed by atoms with van der Waals surface area (Å²) in [6.45, 7) is 3.53. The van der Waals surface area contributed by atoms with E-state index in [4.69, 9.17) is 0 Å². The molecule has 2 aliphatic heterocycles. The minimum Gasteiger partial charge on any atom is -0.316 e. The van der Waals surface area contributed by atoms with E-state index < -0.39 is 0 Å². The Balaban J connectivity index is 1.64. The Hall–Kier alpha value is -0.900. The SMILES string of the molecule is C1CCc2nnc(CCC3CCNC3)n2CC1. The second-order valence-corrected chi connectivity index (χ2v) is 5.39. The molecule has 3 rings (SSSR count). The normalized spacial score (nSPS) is 24.6. The molecule has 94 valence electrons. The van der Waals surface area contributed by atoms with Crippen LogP contribution >= 0.6 is 0 Å². The summed E-state index contributed by atoms with van der Waals surface area (Å²) in [5.41, 5.74) is 0. The van der Waals surface area contributed by atoms with Gasteiger partial charge in [0.15, 0.2) is 0 Å². The topological polar surface area (TPSA) is 42.7 Å². The number of aromatic nitrogens is 3. The van der Waals surface area contributed by atoms with E-state index >= 15 is 0 Å². The van der Waals surface area contributed by atoms with Gasteiger partial charge in [0.05, 0.1) is 0 Å². The summed E-state index contributed by atoms with van der Waals surface area (Å²) in [5, 5.41) is 12.2. The van der Waals surface area contributed by atoms with Crippen LogP contribution in [0.1, 0.15) is 43.8 Å². The van der Waals surface area contributed by atoms with Gasteiger partial charge in [0, 0.05) is 19.4 Å². The second-order valence-electron chi connectivity index (χ2n) is 5.39. The summed E-state index contributed by atoms with van der Waals surface area (Å²) in [6.07, 6.45) is 8.76. The van der Waals surface area contributed by atoms with Crippen molar-refractivity contribution in [1.82, 2.24) is 20.1 Å². The summed E-state index contributed by atoms with van der Waals surface area (Å²) in [7, 11) is 0. The molecule has 1 fully saturated rings. The predicted molar refractivity (Wildman–Crippen MR) is 66.9 cm³/mol. The van der Waals surface area contributed by atoms with E-state index in [-0.39, 0.29) is 0 Å². The Bertz CT molecular complexity index is 365. The van der Waals surface area contributed by atoms with Crippen molar-refractivity contribution >= 4 is 0 Å². The van der Waals surface area contributed by atoms with E-state index in [1.165, 1.54) is 56.8 Å². The average Bonchev–Trinajstić information content (AvgIpc) is 2.92. The first-order valence-electron chi connectivity index (χ1n) is 7.05. The van der Waals surface area contributed by atoms with Gasteiger partial charge >= 0.3 is 0 Å². The highest BCUT2D eigenvalue weighted by molar-refractivity contribution is 4.98. The number of nitrogens with zero attached hydrogens (tertiary/aromatic N) is 3. The lowest BCUT2D eigenvalue weighted by Crippen LogP contribution is -2.11. The average molecular weight is 234 g/mol. The van der Waals surface area contributed by atoms with Gasteiger partial charge in [0.2, 0.25) is 0 Å². The first kappa shape index (κ1) is 11.2. The predicted octanol–water partition coefficient (Wildman–Crippen LogP) is 1.55. The zero-order valence-corrected chi connectivity index (χ0v) is 10.5. The zero-order chi connectivity index (χ0) is 11.5. The summed E-state index contributed by atoms with van der Waals surface area (Å²) in [5.74, 6) is 3.31. The van der Waals surface area contributed by atoms with Gasteiger partial charge in [-0.1, -0.05) is 6.42 Å². The molecule has 1 N–H and O–H groups in total. The van der Waals surface area contributed by atoms with Gasteiger partial charge in [-0.3, -0.25) is 0 Å². The van der Waals surface area contributed by atoms with E-state index in [9.17, 15) is 0 Å². The minimum atomic E-state index is 0.855. The molecular formula is C13H22N4. The van der Waals surface area contributed by atoms with Crippen LogP contribution in [0.15, 0.2) is 0 Å². The maximum atomic E-state index is 4.39. The van der Waals surface area contributed by atoms with Crippen LogP contribution < -0.4 is 5.32 Å². The molecule has 1 atom stereocenters. The van der Waals surface area contributed by atoms with Crippen LogP contribution in [-0.4, -0.2) is 27.9 Å². The molecule has 4 heteroatoms. The van der Waals surface area contributed by atoms with Gasteiger partial charge in [0.25, 0.3) is 0 Å². The number of hydrogen-bond donors (Lipinski definition) is 1. The van der Waals surface area contributed by atoms with Crippen molar-refractivity contribution in [2.75, 3.05) is 13.1 Å². The molecule has 17 heavy (non-hydrogen) atoms. The van der Waals surface area contributed by atoms with Crippen LogP contribution in [0.5, 0.6) is 0 Å².